The van der Waals surface area contributed by atoms with E-state index in [-0.39, 0.29) is 0 Å². The third kappa shape index (κ3) is 5.80. The second-order valence-corrected chi connectivity index (χ2v) is 7.05. The second-order valence-electron chi connectivity index (χ2n) is 7.05. The highest BCUT2D eigenvalue weighted by molar-refractivity contribution is 6.08. The van der Waals surface area contributed by atoms with E-state index >= 15 is 0 Å². The lowest BCUT2D eigenvalue weighted by Crippen LogP contribution is -1.98. The maximum absolute atomic E-state index is 5.84. The molecular weight excluding hydrogens is 384 g/mol. The molecule has 0 saturated heterocycles. The molecule has 0 unspecified atom stereocenters. The van der Waals surface area contributed by atoms with Crippen molar-refractivity contribution in [3.05, 3.63) is 114 Å². The zero-order valence-corrected chi connectivity index (χ0v) is 17.4. The summed E-state index contributed by atoms with van der Waals surface area (Å²) in [7, 11) is 1.66. The van der Waals surface area contributed by atoms with Crippen molar-refractivity contribution in [2.24, 2.45) is 4.99 Å². The van der Waals surface area contributed by atoms with Crippen LogP contribution in [0.15, 0.2) is 102 Å². The van der Waals surface area contributed by atoms with E-state index in [1.165, 1.54) is 11.1 Å². The Morgan fingerprint density at radius 2 is 1.77 bits per heavy atom. The van der Waals surface area contributed by atoms with Crippen molar-refractivity contribution in [1.82, 2.24) is 4.98 Å². The SMILES string of the molecule is COc1cc(OCc2ccccn2)ccc1/C=C/C1=NCC(/C=C/c2ccccc2)=C1. The van der Waals surface area contributed by atoms with E-state index in [1.807, 2.05) is 66.7 Å². The molecular formula is C27H24N2O2. The molecule has 154 valence electrons. The van der Waals surface area contributed by atoms with Gasteiger partial charge in [0.15, 0.2) is 0 Å². The minimum absolute atomic E-state index is 0.417. The third-order valence-corrected chi connectivity index (χ3v) is 4.82. The van der Waals surface area contributed by atoms with Crippen molar-refractivity contribution in [2.75, 3.05) is 13.7 Å². The summed E-state index contributed by atoms with van der Waals surface area (Å²) in [5.74, 6) is 1.49. The monoisotopic (exact) mass is 408 g/mol. The average Bonchev–Trinajstić information content (AvgIpc) is 3.29. The maximum Gasteiger partial charge on any atom is 0.130 e. The minimum atomic E-state index is 0.417. The summed E-state index contributed by atoms with van der Waals surface area (Å²) in [6.45, 7) is 1.11. The summed E-state index contributed by atoms with van der Waals surface area (Å²) < 4.78 is 11.4. The first kappa shape index (κ1) is 20.4. The van der Waals surface area contributed by atoms with Crippen LogP contribution in [0.3, 0.4) is 0 Å². The first-order chi connectivity index (χ1) is 15.3. The van der Waals surface area contributed by atoms with Crippen molar-refractivity contribution < 1.29 is 9.47 Å². The summed E-state index contributed by atoms with van der Waals surface area (Å²) in [4.78, 5) is 8.87. The Morgan fingerprint density at radius 1 is 0.903 bits per heavy atom. The van der Waals surface area contributed by atoms with Crippen molar-refractivity contribution in [2.45, 2.75) is 6.61 Å². The van der Waals surface area contributed by atoms with Crippen LogP contribution in [0.25, 0.3) is 12.2 Å². The van der Waals surface area contributed by atoms with Gasteiger partial charge in [-0.1, -0.05) is 48.6 Å². The molecule has 0 aliphatic carbocycles. The molecule has 0 amide bonds. The fraction of sp³-hybridized carbons (Fsp3) is 0.111. The van der Waals surface area contributed by atoms with E-state index in [9.17, 15) is 0 Å². The fourth-order valence-corrected chi connectivity index (χ4v) is 3.17. The van der Waals surface area contributed by atoms with E-state index in [0.717, 1.165) is 28.5 Å². The van der Waals surface area contributed by atoms with Crippen LogP contribution in [0.2, 0.25) is 0 Å². The van der Waals surface area contributed by atoms with E-state index in [1.54, 1.807) is 13.3 Å². The number of hydrogen-bond acceptors (Lipinski definition) is 4. The van der Waals surface area contributed by atoms with Crippen LogP contribution in [0, 0.1) is 0 Å². The number of benzene rings is 2. The van der Waals surface area contributed by atoms with Gasteiger partial charge in [0.25, 0.3) is 0 Å². The Morgan fingerprint density at radius 3 is 2.58 bits per heavy atom. The van der Waals surface area contributed by atoms with Gasteiger partial charge in [0.1, 0.15) is 18.1 Å². The standard InChI is InChI=1S/C27H24N2O2/c1-30-27-18-26(31-20-25-9-5-6-16-28-25)15-13-23(27)12-14-24-17-22(19-29-24)11-10-21-7-3-2-4-8-21/h2-18H,19-20H2,1H3/b11-10+,14-12+. The number of rotatable bonds is 8. The third-order valence-electron chi connectivity index (χ3n) is 4.82. The van der Waals surface area contributed by atoms with E-state index in [4.69, 9.17) is 9.47 Å². The summed E-state index contributed by atoms with van der Waals surface area (Å²) in [5.41, 5.74) is 5.17. The lowest BCUT2D eigenvalue weighted by molar-refractivity contribution is 0.299. The number of aromatic nitrogens is 1. The summed E-state index contributed by atoms with van der Waals surface area (Å²) >= 11 is 0. The van der Waals surface area contributed by atoms with Crippen molar-refractivity contribution in [3.8, 4) is 11.5 Å². The van der Waals surface area contributed by atoms with Crippen LogP contribution >= 0.6 is 0 Å². The lowest BCUT2D eigenvalue weighted by atomic mass is 10.1. The molecule has 0 atom stereocenters. The largest absolute Gasteiger partial charge is 0.496 e. The van der Waals surface area contributed by atoms with Crippen molar-refractivity contribution in [1.29, 1.82) is 0 Å². The van der Waals surface area contributed by atoms with E-state index in [2.05, 4.69) is 40.3 Å². The molecule has 2 aromatic carbocycles. The van der Waals surface area contributed by atoms with E-state index < -0.39 is 0 Å². The normalized spacial score (nSPS) is 13.5. The first-order valence-corrected chi connectivity index (χ1v) is 10.2. The molecule has 4 rings (SSSR count). The molecule has 0 fully saturated rings. The van der Waals surface area contributed by atoms with Crippen LogP contribution in [-0.2, 0) is 6.61 Å². The van der Waals surface area contributed by atoms with Gasteiger partial charge in [0.05, 0.1) is 25.1 Å². The quantitative estimate of drug-likeness (QED) is 0.475. The summed E-state index contributed by atoms with van der Waals surface area (Å²) in [5, 5.41) is 0. The minimum Gasteiger partial charge on any atom is -0.496 e. The van der Waals surface area contributed by atoms with Crippen molar-refractivity contribution >= 4 is 17.9 Å². The maximum atomic E-state index is 5.84. The first-order valence-electron chi connectivity index (χ1n) is 10.2. The topological polar surface area (TPSA) is 43.7 Å². The molecule has 4 nitrogen and oxygen atoms in total. The predicted molar refractivity (Wildman–Crippen MR) is 126 cm³/mol. The van der Waals surface area contributed by atoms with Crippen LogP contribution in [0.1, 0.15) is 16.8 Å². The number of aliphatic imine (C=N–C) groups is 1. The average molecular weight is 409 g/mol. The van der Waals surface area contributed by atoms with Gasteiger partial charge in [0.2, 0.25) is 0 Å². The van der Waals surface area contributed by atoms with Gasteiger partial charge in [0, 0.05) is 17.8 Å². The summed E-state index contributed by atoms with van der Waals surface area (Å²) in [6, 6.07) is 21.9. The smallest absolute Gasteiger partial charge is 0.130 e. The summed E-state index contributed by atoms with van der Waals surface area (Å²) in [6.07, 6.45) is 12.1. The van der Waals surface area contributed by atoms with Gasteiger partial charge in [-0.3, -0.25) is 9.98 Å². The molecule has 3 aromatic rings. The lowest BCUT2D eigenvalue weighted by Gasteiger charge is -2.09. The van der Waals surface area contributed by atoms with Crippen LogP contribution in [-0.4, -0.2) is 24.4 Å². The molecule has 0 saturated carbocycles. The highest BCUT2D eigenvalue weighted by Gasteiger charge is 2.06. The fourth-order valence-electron chi connectivity index (χ4n) is 3.17. The molecule has 1 aromatic heterocycles. The van der Waals surface area contributed by atoms with Gasteiger partial charge in [-0.25, -0.2) is 0 Å². The van der Waals surface area contributed by atoms with Crippen LogP contribution in [0.4, 0.5) is 0 Å². The van der Waals surface area contributed by atoms with Gasteiger partial charge in [-0.15, -0.1) is 0 Å². The molecule has 31 heavy (non-hydrogen) atoms. The number of nitrogens with zero attached hydrogens (tertiary/aromatic N) is 2. The molecule has 1 aliphatic heterocycles. The van der Waals surface area contributed by atoms with E-state index in [0.29, 0.717) is 13.2 Å². The van der Waals surface area contributed by atoms with Crippen LogP contribution < -0.4 is 9.47 Å². The Hall–Kier alpha value is -3.92. The highest BCUT2D eigenvalue weighted by Crippen LogP contribution is 2.26. The van der Waals surface area contributed by atoms with Gasteiger partial charge >= 0.3 is 0 Å². The highest BCUT2D eigenvalue weighted by atomic mass is 16.5. The zero-order valence-electron chi connectivity index (χ0n) is 17.4. The number of pyridine rings is 1. The Bertz CT molecular complexity index is 1130. The number of allylic oxidation sites excluding steroid dienone is 2. The Kier molecular flexibility index (Phi) is 6.71. The molecule has 0 N–H and O–H groups in total. The van der Waals surface area contributed by atoms with Crippen LogP contribution in [0.5, 0.6) is 11.5 Å². The van der Waals surface area contributed by atoms with Gasteiger partial charge in [-0.05, 0) is 53.6 Å². The van der Waals surface area contributed by atoms with Gasteiger partial charge < -0.3 is 9.47 Å². The molecule has 0 radical (unpaired) electrons. The predicted octanol–water partition coefficient (Wildman–Crippen LogP) is 5.78. The Balaban J connectivity index is 1.39. The molecule has 2 heterocycles. The number of methoxy groups -OCH3 is 1. The van der Waals surface area contributed by atoms with Gasteiger partial charge in [-0.2, -0.15) is 0 Å². The zero-order chi connectivity index (χ0) is 21.3. The number of hydrogen-bond donors (Lipinski definition) is 0. The van der Waals surface area contributed by atoms with Crippen molar-refractivity contribution in [3.63, 3.8) is 0 Å². The molecule has 0 spiro atoms. The molecule has 0 bridgehead atoms. The molecule has 1 aliphatic rings. The number of ether oxygens (including phenoxy) is 2. The Labute approximate surface area is 182 Å². The second kappa shape index (κ2) is 10.2. The molecule has 4 heteroatoms.